The SMILES string of the molecule is CC1(C)CC(=O)N(CC#N)C(=O)C1. The van der Waals surface area contributed by atoms with E-state index in [-0.39, 0.29) is 23.8 Å². The number of carbonyl (C=O) groups excluding carboxylic acids is 2. The lowest BCUT2D eigenvalue weighted by Gasteiger charge is -2.33. The molecular formula is C9H12N2O2. The minimum atomic E-state index is -0.250. The molecule has 4 nitrogen and oxygen atoms in total. The summed E-state index contributed by atoms with van der Waals surface area (Å²) in [4.78, 5) is 23.8. The van der Waals surface area contributed by atoms with Gasteiger partial charge in [-0.3, -0.25) is 14.5 Å². The lowest BCUT2D eigenvalue weighted by atomic mass is 9.82. The van der Waals surface area contributed by atoms with Crippen LogP contribution in [0.15, 0.2) is 0 Å². The minimum absolute atomic E-state index is 0.117. The zero-order chi connectivity index (χ0) is 10.1. The van der Waals surface area contributed by atoms with Crippen LogP contribution in [0.1, 0.15) is 26.7 Å². The highest BCUT2D eigenvalue weighted by molar-refractivity contribution is 5.98. The number of nitriles is 1. The average Bonchev–Trinajstić information content (AvgIpc) is 1.94. The standard InChI is InChI=1S/C9H12N2O2/c1-9(2)5-7(12)11(4-3-10)8(13)6-9/h4-6H2,1-2H3. The highest BCUT2D eigenvalue weighted by Crippen LogP contribution is 2.31. The average molecular weight is 180 g/mol. The molecule has 0 aromatic heterocycles. The van der Waals surface area contributed by atoms with Gasteiger partial charge in [0, 0.05) is 12.8 Å². The topological polar surface area (TPSA) is 61.2 Å². The van der Waals surface area contributed by atoms with Gasteiger partial charge in [0.15, 0.2) is 0 Å². The molecule has 0 aromatic carbocycles. The number of rotatable bonds is 1. The maximum Gasteiger partial charge on any atom is 0.230 e. The first-order valence-electron chi connectivity index (χ1n) is 4.16. The molecule has 0 bridgehead atoms. The van der Waals surface area contributed by atoms with Crippen LogP contribution in [0.3, 0.4) is 0 Å². The zero-order valence-corrected chi connectivity index (χ0v) is 7.83. The van der Waals surface area contributed by atoms with Crippen LogP contribution >= 0.6 is 0 Å². The van der Waals surface area contributed by atoms with Crippen molar-refractivity contribution in [1.29, 1.82) is 5.26 Å². The third-order valence-electron chi connectivity index (χ3n) is 2.09. The number of imide groups is 1. The van der Waals surface area contributed by atoms with Crippen molar-refractivity contribution in [2.24, 2.45) is 5.41 Å². The molecule has 1 heterocycles. The maximum atomic E-state index is 11.4. The monoisotopic (exact) mass is 180 g/mol. The molecule has 13 heavy (non-hydrogen) atoms. The van der Waals surface area contributed by atoms with Crippen LogP contribution < -0.4 is 0 Å². The molecule has 0 N–H and O–H groups in total. The molecule has 0 spiro atoms. The first kappa shape index (κ1) is 9.72. The van der Waals surface area contributed by atoms with Crippen LogP contribution in [-0.4, -0.2) is 23.3 Å². The summed E-state index contributed by atoms with van der Waals surface area (Å²) in [5.74, 6) is -0.467. The van der Waals surface area contributed by atoms with Crippen molar-refractivity contribution >= 4 is 11.8 Å². The van der Waals surface area contributed by atoms with Gasteiger partial charge in [-0.25, -0.2) is 0 Å². The molecule has 1 aliphatic heterocycles. The van der Waals surface area contributed by atoms with E-state index in [1.807, 2.05) is 19.9 Å². The van der Waals surface area contributed by atoms with Crippen molar-refractivity contribution < 1.29 is 9.59 Å². The fraction of sp³-hybridized carbons (Fsp3) is 0.667. The van der Waals surface area contributed by atoms with E-state index < -0.39 is 0 Å². The molecule has 0 saturated carbocycles. The number of carbonyl (C=O) groups is 2. The van der Waals surface area contributed by atoms with E-state index in [1.165, 1.54) is 0 Å². The first-order valence-corrected chi connectivity index (χ1v) is 4.16. The Bertz CT molecular complexity index is 268. The summed E-state index contributed by atoms with van der Waals surface area (Å²) in [5, 5.41) is 8.39. The Balaban J connectivity index is 2.78. The predicted octanol–water partition coefficient (Wildman–Crippen LogP) is 0.685. The van der Waals surface area contributed by atoms with Crippen molar-refractivity contribution in [2.45, 2.75) is 26.7 Å². The fourth-order valence-electron chi connectivity index (χ4n) is 1.46. The van der Waals surface area contributed by atoms with E-state index in [0.29, 0.717) is 12.8 Å². The molecule has 0 aromatic rings. The molecule has 2 amide bonds. The van der Waals surface area contributed by atoms with Crippen LogP contribution in [0.4, 0.5) is 0 Å². The summed E-state index contributed by atoms with van der Waals surface area (Å²) in [6.07, 6.45) is 0.695. The largest absolute Gasteiger partial charge is 0.274 e. The van der Waals surface area contributed by atoms with Gasteiger partial charge in [0.25, 0.3) is 0 Å². The Morgan fingerprint density at radius 1 is 1.38 bits per heavy atom. The van der Waals surface area contributed by atoms with E-state index in [4.69, 9.17) is 5.26 Å². The van der Waals surface area contributed by atoms with Crippen LogP contribution in [0.25, 0.3) is 0 Å². The molecule has 1 aliphatic rings. The smallest absolute Gasteiger partial charge is 0.230 e. The molecule has 1 saturated heterocycles. The van der Waals surface area contributed by atoms with Crippen molar-refractivity contribution in [2.75, 3.05) is 6.54 Å². The Morgan fingerprint density at radius 2 is 1.85 bits per heavy atom. The third-order valence-corrected chi connectivity index (χ3v) is 2.09. The predicted molar refractivity (Wildman–Crippen MR) is 45.3 cm³/mol. The number of amides is 2. The van der Waals surface area contributed by atoms with Gasteiger partial charge in [-0.2, -0.15) is 5.26 Å². The Labute approximate surface area is 77.1 Å². The van der Waals surface area contributed by atoms with E-state index in [1.54, 1.807) is 0 Å². The van der Waals surface area contributed by atoms with Gasteiger partial charge in [-0.05, 0) is 5.41 Å². The maximum absolute atomic E-state index is 11.4. The summed E-state index contributed by atoms with van der Waals surface area (Å²) in [6, 6.07) is 1.81. The lowest BCUT2D eigenvalue weighted by molar-refractivity contribution is -0.151. The van der Waals surface area contributed by atoms with Gasteiger partial charge in [-0.15, -0.1) is 0 Å². The van der Waals surface area contributed by atoms with Crippen molar-refractivity contribution in [3.05, 3.63) is 0 Å². The Kier molecular flexibility index (Phi) is 2.37. The van der Waals surface area contributed by atoms with Crippen LogP contribution in [0.2, 0.25) is 0 Å². The molecule has 70 valence electrons. The molecule has 0 radical (unpaired) electrons. The minimum Gasteiger partial charge on any atom is -0.274 e. The van der Waals surface area contributed by atoms with Gasteiger partial charge >= 0.3 is 0 Å². The lowest BCUT2D eigenvalue weighted by Crippen LogP contribution is -2.46. The summed E-state index contributed by atoms with van der Waals surface area (Å²) >= 11 is 0. The molecule has 4 heteroatoms. The quantitative estimate of drug-likeness (QED) is 0.440. The summed E-state index contributed by atoms with van der Waals surface area (Å²) < 4.78 is 0. The number of hydrogen-bond acceptors (Lipinski definition) is 3. The van der Waals surface area contributed by atoms with Gasteiger partial charge in [0.2, 0.25) is 11.8 Å². The van der Waals surface area contributed by atoms with E-state index in [0.717, 1.165) is 4.90 Å². The number of piperidine rings is 1. The third kappa shape index (κ3) is 2.05. The van der Waals surface area contributed by atoms with E-state index >= 15 is 0 Å². The van der Waals surface area contributed by atoms with Crippen molar-refractivity contribution in [1.82, 2.24) is 4.90 Å². The van der Waals surface area contributed by atoms with E-state index in [2.05, 4.69) is 0 Å². The van der Waals surface area contributed by atoms with Crippen molar-refractivity contribution in [3.8, 4) is 6.07 Å². The second-order valence-electron chi connectivity index (χ2n) is 4.05. The van der Waals surface area contributed by atoms with Crippen LogP contribution in [-0.2, 0) is 9.59 Å². The molecule has 0 aliphatic carbocycles. The van der Waals surface area contributed by atoms with Crippen molar-refractivity contribution in [3.63, 3.8) is 0 Å². The summed E-state index contributed by atoms with van der Waals surface area (Å²) in [5.41, 5.74) is -0.250. The Hall–Kier alpha value is -1.37. The van der Waals surface area contributed by atoms with Gasteiger partial charge in [-0.1, -0.05) is 13.8 Å². The highest BCUT2D eigenvalue weighted by atomic mass is 16.2. The molecular weight excluding hydrogens is 168 g/mol. The molecule has 0 atom stereocenters. The first-order chi connectivity index (χ1) is 5.96. The van der Waals surface area contributed by atoms with Gasteiger partial charge < -0.3 is 0 Å². The molecule has 1 fully saturated rings. The van der Waals surface area contributed by atoms with Gasteiger partial charge in [0.1, 0.15) is 6.54 Å². The fourth-order valence-corrected chi connectivity index (χ4v) is 1.46. The second kappa shape index (κ2) is 3.17. The summed E-state index contributed by atoms with van der Waals surface area (Å²) in [6.45, 7) is 3.65. The van der Waals surface area contributed by atoms with Crippen LogP contribution in [0, 0.1) is 16.7 Å². The highest BCUT2D eigenvalue weighted by Gasteiger charge is 2.36. The molecule has 1 rings (SSSR count). The molecule has 0 unspecified atom stereocenters. The number of hydrogen-bond donors (Lipinski definition) is 0. The van der Waals surface area contributed by atoms with Gasteiger partial charge in [0.05, 0.1) is 6.07 Å². The van der Waals surface area contributed by atoms with Crippen LogP contribution in [0.5, 0.6) is 0 Å². The normalized spacial score (nSPS) is 21.5. The number of likely N-dealkylation sites (tertiary alicyclic amines) is 1. The summed E-state index contributed by atoms with van der Waals surface area (Å²) in [7, 11) is 0. The Morgan fingerprint density at radius 3 is 2.23 bits per heavy atom. The van der Waals surface area contributed by atoms with E-state index in [9.17, 15) is 9.59 Å². The zero-order valence-electron chi connectivity index (χ0n) is 7.83. The second-order valence-corrected chi connectivity index (χ2v) is 4.05. The number of nitrogens with zero attached hydrogens (tertiary/aromatic N) is 2.